The first-order valence-electron chi connectivity index (χ1n) is 6.71. The van der Waals surface area contributed by atoms with Crippen molar-refractivity contribution in [1.29, 1.82) is 0 Å². The molecule has 2 heterocycles. The van der Waals surface area contributed by atoms with Crippen molar-refractivity contribution in [2.75, 3.05) is 0 Å². The van der Waals surface area contributed by atoms with Crippen LogP contribution >= 0.6 is 46.4 Å². The van der Waals surface area contributed by atoms with Crippen molar-refractivity contribution in [3.8, 4) is 11.4 Å². The van der Waals surface area contributed by atoms with Gasteiger partial charge in [0.1, 0.15) is 0 Å². The van der Waals surface area contributed by atoms with Crippen LogP contribution in [0.15, 0.2) is 35.0 Å². The van der Waals surface area contributed by atoms with Gasteiger partial charge in [0.2, 0.25) is 5.82 Å². The number of ether oxygens (including phenoxy) is 1. The van der Waals surface area contributed by atoms with Gasteiger partial charge in [0.05, 0.1) is 15.1 Å². The molecule has 6 nitrogen and oxygen atoms in total. The molecule has 0 aliphatic rings. The summed E-state index contributed by atoms with van der Waals surface area (Å²) in [6.45, 7) is -0.252. The second kappa shape index (κ2) is 7.58. The number of benzene rings is 1. The van der Waals surface area contributed by atoms with Crippen LogP contribution in [0.1, 0.15) is 16.4 Å². The molecule has 0 N–H and O–H groups in total. The van der Waals surface area contributed by atoms with E-state index in [-0.39, 0.29) is 33.3 Å². The first-order valence-corrected chi connectivity index (χ1v) is 8.22. The van der Waals surface area contributed by atoms with E-state index in [2.05, 4.69) is 15.1 Å². The molecule has 0 atom stereocenters. The van der Waals surface area contributed by atoms with Crippen LogP contribution < -0.4 is 0 Å². The monoisotopic (exact) mass is 417 g/mol. The Labute approximate surface area is 161 Å². The van der Waals surface area contributed by atoms with Crippen molar-refractivity contribution >= 4 is 52.4 Å². The van der Waals surface area contributed by atoms with Crippen molar-refractivity contribution in [3.63, 3.8) is 0 Å². The van der Waals surface area contributed by atoms with Gasteiger partial charge in [-0.3, -0.25) is 0 Å². The Kier molecular flexibility index (Phi) is 5.44. The second-order valence-electron chi connectivity index (χ2n) is 4.68. The Bertz CT molecular complexity index is 928. The number of esters is 1. The number of nitrogens with zero attached hydrogens (tertiary/aromatic N) is 3. The molecule has 3 aromatic rings. The van der Waals surface area contributed by atoms with E-state index in [1.54, 1.807) is 24.3 Å². The Balaban J connectivity index is 1.69. The van der Waals surface area contributed by atoms with Crippen molar-refractivity contribution in [1.82, 2.24) is 15.1 Å². The molecule has 2 aromatic heterocycles. The Morgan fingerprint density at radius 2 is 1.80 bits per heavy atom. The Morgan fingerprint density at radius 1 is 1.08 bits per heavy atom. The molecule has 3 rings (SSSR count). The summed E-state index contributed by atoms with van der Waals surface area (Å²) in [6, 6.07) is 6.88. The molecule has 0 spiro atoms. The van der Waals surface area contributed by atoms with Gasteiger partial charge in [-0.05, 0) is 24.3 Å². The van der Waals surface area contributed by atoms with Gasteiger partial charge in [0, 0.05) is 16.8 Å². The highest BCUT2D eigenvalue weighted by atomic mass is 35.5. The lowest BCUT2D eigenvalue weighted by Gasteiger charge is -2.05. The summed E-state index contributed by atoms with van der Waals surface area (Å²) in [5.41, 5.74) is 0.549. The molecular weight excluding hydrogens is 412 g/mol. The van der Waals surface area contributed by atoms with Crippen LogP contribution in [0, 0.1) is 0 Å². The average molecular weight is 419 g/mol. The van der Waals surface area contributed by atoms with Crippen LogP contribution in [0.4, 0.5) is 0 Å². The predicted molar refractivity (Wildman–Crippen MR) is 93.1 cm³/mol. The highest BCUT2D eigenvalue weighted by molar-refractivity contribution is 6.48. The van der Waals surface area contributed by atoms with E-state index in [0.717, 1.165) is 0 Å². The fraction of sp³-hybridized carbons (Fsp3) is 0.0667. The van der Waals surface area contributed by atoms with Crippen LogP contribution in [-0.2, 0) is 11.3 Å². The minimum absolute atomic E-state index is 0.0214. The molecule has 0 unspecified atom stereocenters. The van der Waals surface area contributed by atoms with Crippen molar-refractivity contribution < 1.29 is 14.1 Å². The van der Waals surface area contributed by atoms with Gasteiger partial charge in [-0.1, -0.05) is 51.6 Å². The lowest BCUT2D eigenvalue weighted by molar-refractivity contribution is 0.0423. The van der Waals surface area contributed by atoms with Crippen LogP contribution in [0.25, 0.3) is 11.4 Å². The van der Waals surface area contributed by atoms with E-state index in [1.165, 1.54) is 6.20 Å². The highest BCUT2D eigenvalue weighted by Gasteiger charge is 2.19. The van der Waals surface area contributed by atoms with Gasteiger partial charge in [-0.2, -0.15) is 4.98 Å². The topological polar surface area (TPSA) is 78.1 Å². The number of aromatic nitrogens is 3. The summed E-state index contributed by atoms with van der Waals surface area (Å²) in [5, 5.41) is 4.46. The normalized spacial score (nSPS) is 10.7. The number of rotatable bonds is 4. The molecule has 0 amide bonds. The lowest BCUT2D eigenvalue weighted by atomic mass is 10.2. The SMILES string of the molecule is O=C(OCc1nc(-c2ccc(Cl)cc2)no1)c1ncc(Cl)c(Cl)c1Cl. The smallest absolute Gasteiger partial charge is 0.359 e. The first-order chi connectivity index (χ1) is 12.0. The van der Waals surface area contributed by atoms with Crippen molar-refractivity contribution in [2.45, 2.75) is 6.61 Å². The lowest BCUT2D eigenvalue weighted by Crippen LogP contribution is -2.08. The molecule has 0 saturated heterocycles. The maximum Gasteiger partial charge on any atom is 0.359 e. The van der Waals surface area contributed by atoms with E-state index in [1.807, 2.05) is 0 Å². The summed E-state index contributed by atoms with van der Waals surface area (Å²) in [5.74, 6) is -0.349. The minimum Gasteiger partial charge on any atom is -0.451 e. The molecule has 0 radical (unpaired) electrons. The molecule has 10 heteroatoms. The zero-order valence-electron chi connectivity index (χ0n) is 12.2. The van der Waals surface area contributed by atoms with E-state index < -0.39 is 5.97 Å². The molecular formula is C15H7Cl4N3O3. The molecule has 0 fully saturated rings. The number of halogens is 4. The van der Waals surface area contributed by atoms with Crippen LogP contribution in [0.5, 0.6) is 0 Å². The van der Waals surface area contributed by atoms with Gasteiger partial charge in [0.25, 0.3) is 5.89 Å². The summed E-state index contributed by atoms with van der Waals surface area (Å²) < 4.78 is 10.1. The fourth-order valence-corrected chi connectivity index (χ4v) is 2.49. The average Bonchev–Trinajstić information content (AvgIpc) is 3.07. The van der Waals surface area contributed by atoms with E-state index >= 15 is 0 Å². The van der Waals surface area contributed by atoms with E-state index in [9.17, 15) is 4.79 Å². The maximum absolute atomic E-state index is 12.0. The quantitative estimate of drug-likeness (QED) is 0.548. The Morgan fingerprint density at radius 3 is 2.52 bits per heavy atom. The summed E-state index contributed by atoms with van der Waals surface area (Å²) >= 11 is 23.4. The van der Waals surface area contributed by atoms with Gasteiger partial charge < -0.3 is 9.26 Å². The van der Waals surface area contributed by atoms with Gasteiger partial charge in [-0.15, -0.1) is 0 Å². The molecule has 25 heavy (non-hydrogen) atoms. The van der Waals surface area contributed by atoms with Crippen molar-refractivity contribution in [2.24, 2.45) is 0 Å². The summed E-state index contributed by atoms with van der Waals surface area (Å²) in [7, 11) is 0. The zero-order chi connectivity index (χ0) is 18.0. The molecule has 0 aliphatic heterocycles. The zero-order valence-corrected chi connectivity index (χ0v) is 15.2. The van der Waals surface area contributed by atoms with Gasteiger partial charge in [-0.25, -0.2) is 9.78 Å². The molecule has 0 saturated carbocycles. The first kappa shape index (κ1) is 17.9. The minimum atomic E-state index is -0.796. The second-order valence-corrected chi connectivity index (χ2v) is 6.28. The number of hydrogen-bond donors (Lipinski definition) is 0. The summed E-state index contributed by atoms with van der Waals surface area (Å²) in [6.07, 6.45) is 1.21. The number of carbonyl (C=O) groups excluding carboxylic acids is 1. The van der Waals surface area contributed by atoms with Gasteiger partial charge in [0.15, 0.2) is 12.3 Å². The maximum atomic E-state index is 12.0. The van der Waals surface area contributed by atoms with Crippen LogP contribution in [-0.4, -0.2) is 21.1 Å². The van der Waals surface area contributed by atoms with Gasteiger partial charge >= 0.3 is 5.97 Å². The number of pyridine rings is 1. The van der Waals surface area contributed by atoms with E-state index in [4.69, 9.17) is 55.7 Å². The Hall–Kier alpha value is -1.86. The molecule has 0 aliphatic carbocycles. The third kappa shape index (κ3) is 4.04. The third-order valence-electron chi connectivity index (χ3n) is 3.01. The largest absolute Gasteiger partial charge is 0.451 e. The predicted octanol–water partition coefficient (Wildman–Crippen LogP) is 5.10. The highest BCUT2D eigenvalue weighted by Crippen LogP contribution is 2.31. The summed E-state index contributed by atoms with van der Waals surface area (Å²) in [4.78, 5) is 20.0. The number of carbonyl (C=O) groups is 1. The molecule has 128 valence electrons. The standard InChI is InChI=1S/C15H7Cl4N3O3/c16-8-3-1-7(2-4-8)14-21-10(25-22-14)6-24-15(23)13-12(19)11(18)9(17)5-20-13/h1-5H,6H2. The van der Waals surface area contributed by atoms with E-state index in [0.29, 0.717) is 16.4 Å². The third-order valence-corrected chi connectivity index (χ3v) is 4.50. The fourth-order valence-electron chi connectivity index (χ4n) is 1.81. The van der Waals surface area contributed by atoms with Crippen LogP contribution in [0.2, 0.25) is 20.1 Å². The van der Waals surface area contributed by atoms with Crippen molar-refractivity contribution in [3.05, 3.63) is 62.1 Å². The molecule has 0 bridgehead atoms. The van der Waals surface area contributed by atoms with Crippen LogP contribution in [0.3, 0.4) is 0 Å². The number of hydrogen-bond acceptors (Lipinski definition) is 6. The molecule has 1 aromatic carbocycles.